The standard InChI is InChI=1S/C32H30Ge2N2O4/c1-33(2,3)19-7-11-21(12-8-19)35-29(37)23-15-17-25-28-26(18-16-24(27(23)28)30(35)38)32(40)36(31(25)39)22-13-9-20(10-14-22)34(4,5)6/h7-18H,1-6H3. The zero-order valence-corrected chi connectivity index (χ0v) is 27.7. The van der Waals surface area contributed by atoms with E-state index in [2.05, 4.69) is 34.5 Å². The minimum absolute atomic E-state index is 0.308. The van der Waals surface area contributed by atoms with Gasteiger partial charge < -0.3 is 0 Å². The second-order valence-corrected chi connectivity index (χ2v) is 33.9. The van der Waals surface area contributed by atoms with Crippen LogP contribution in [0.15, 0.2) is 72.8 Å². The van der Waals surface area contributed by atoms with Crippen LogP contribution in [0.4, 0.5) is 11.4 Å². The number of anilines is 2. The molecule has 0 saturated heterocycles. The number of carbonyl (C=O) groups excluding carboxylic acids is 4. The molecule has 0 bridgehead atoms. The molecule has 0 saturated carbocycles. The fourth-order valence-corrected chi connectivity index (χ4v) is 10.5. The number of nitrogens with zero attached hydrogens (tertiary/aromatic N) is 2. The van der Waals surface area contributed by atoms with Gasteiger partial charge in [-0.1, -0.05) is 0 Å². The van der Waals surface area contributed by atoms with Gasteiger partial charge in [0, 0.05) is 0 Å². The van der Waals surface area contributed by atoms with Crippen LogP contribution in [0.25, 0.3) is 10.8 Å². The molecule has 0 N–H and O–H groups in total. The van der Waals surface area contributed by atoms with Crippen molar-refractivity contribution >= 4 is 81.1 Å². The van der Waals surface area contributed by atoms with E-state index in [1.165, 1.54) is 18.6 Å². The third-order valence-corrected chi connectivity index (χ3v) is 16.5. The molecule has 0 radical (unpaired) electrons. The van der Waals surface area contributed by atoms with Crippen molar-refractivity contribution < 1.29 is 19.2 Å². The number of hydrogen-bond donors (Lipinski definition) is 0. The van der Waals surface area contributed by atoms with E-state index in [4.69, 9.17) is 0 Å². The van der Waals surface area contributed by atoms with E-state index >= 15 is 0 Å². The predicted molar refractivity (Wildman–Crippen MR) is 165 cm³/mol. The van der Waals surface area contributed by atoms with Gasteiger partial charge in [0.25, 0.3) is 0 Å². The minimum atomic E-state index is -2.07. The first kappa shape index (κ1) is 26.7. The van der Waals surface area contributed by atoms with Crippen LogP contribution in [0, 0.1) is 0 Å². The molecule has 4 aromatic carbocycles. The average Bonchev–Trinajstić information content (AvgIpc) is 2.90. The average molecular weight is 652 g/mol. The van der Waals surface area contributed by atoms with Gasteiger partial charge in [-0.05, 0) is 0 Å². The second kappa shape index (κ2) is 9.01. The van der Waals surface area contributed by atoms with Crippen molar-refractivity contribution in [2.24, 2.45) is 0 Å². The summed E-state index contributed by atoms with van der Waals surface area (Å²) in [6.07, 6.45) is 0. The fourth-order valence-electron chi connectivity index (χ4n) is 5.56. The first-order valence-electron chi connectivity index (χ1n) is 13.4. The molecule has 0 aliphatic carbocycles. The van der Waals surface area contributed by atoms with E-state index in [1.807, 2.05) is 48.5 Å². The summed E-state index contributed by atoms with van der Waals surface area (Å²) in [6.45, 7) is 0. The molecule has 40 heavy (non-hydrogen) atoms. The first-order chi connectivity index (χ1) is 18.8. The molecule has 4 amide bonds. The molecule has 2 aliphatic rings. The Bertz CT molecular complexity index is 1580. The third-order valence-electron chi connectivity index (χ3n) is 7.88. The Morgan fingerprint density at radius 3 is 0.875 bits per heavy atom. The maximum atomic E-state index is 13.7. The molecule has 200 valence electrons. The summed E-state index contributed by atoms with van der Waals surface area (Å²) in [7, 11) is 0. The van der Waals surface area contributed by atoms with E-state index in [9.17, 15) is 19.2 Å². The van der Waals surface area contributed by atoms with E-state index in [0.29, 0.717) is 44.4 Å². The van der Waals surface area contributed by atoms with Gasteiger partial charge in [-0.15, -0.1) is 0 Å². The number of imide groups is 2. The molecule has 8 heteroatoms. The number of benzene rings is 4. The number of rotatable bonds is 4. The van der Waals surface area contributed by atoms with Crippen molar-refractivity contribution in [1.29, 1.82) is 0 Å². The second-order valence-electron chi connectivity index (χ2n) is 12.6. The molecule has 0 fully saturated rings. The van der Waals surface area contributed by atoms with E-state index < -0.39 is 50.2 Å². The maximum absolute atomic E-state index is 13.7. The summed E-state index contributed by atoms with van der Waals surface area (Å²) in [5.74, 6) is 11.9. The van der Waals surface area contributed by atoms with Gasteiger partial charge in [-0.2, -0.15) is 0 Å². The van der Waals surface area contributed by atoms with Gasteiger partial charge in [0.05, 0.1) is 0 Å². The Kier molecular flexibility index (Phi) is 6.02. The SMILES string of the molecule is [CH3][Ge]([CH3])([CH3])[c]1ccc(N2C(=O)c3ccc4c5c(ccc(c35)C2=O)C(=O)N(c2cc[c]([Ge]([CH3])([CH3])[CH3])cc2)C4=O)cc1. The van der Waals surface area contributed by atoms with Crippen molar-refractivity contribution in [3.05, 3.63) is 95.1 Å². The molecule has 0 atom stereocenters. The van der Waals surface area contributed by atoms with Gasteiger partial charge in [0.15, 0.2) is 0 Å². The zero-order valence-electron chi connectivity index (χ0n) is 23.5. The van der Waals surface area contributed by atoms with Crippen molar-refractivity contribution in [2.75, 3.05) is 9.80 Å². The Hall–Kier alpha value is -3.49. The molecule has 2 aliphatic heterocycles. The molecular weight excluding hydrogens is 622 g/mol. The Morgan fingerprint density at radius 2 is 0.650 bits per heavy atom. The summed E-state index contributed by atoms with van der Waals surface area (Å²) >= 11 is -4.15. The van der Waals surface area contributed by atoms with Crippen molar-refractivity contribution in [3.8, 4) is 0 Å². The zero-order chi connectivity index (χ0) is 28.7. The Labute approximate surface area is 238 Å². The van der Waals surface area contributed by atoms with Crippen molar-refractivity contribution in [1.82, 2.24) is 0 Å². The van der Waals surface area contributed by atoms with Crippen LogP contribution >= 0.6 is 0 Å². The normalized spacial score (nSPS) is 15.3. The van der Waals surface area contributed by atoms with Crippen molar-refractivity contribution in [3.63, 3.8) is 0 Å². The third kappa shape index (κ3) is 3.99. The molecule has 4 aromatic rings. The van der Waals surface area contributed by atoms with Gasteiger partial charge in [-0.3, -0.25) is 0 Å². The molecule has 0 spiro atoms. The quantitative estimate of drug-likeness (QED) is 0.215. The van der Waals surface area contributed by atoms with Gasteiger partial charge in [-0.25, -0.2) is 0 Å². The summed E-state index contributed by atoms with van der Waals surface area (Å²) in [4.78, 5) is 57.3. The monoisotopic (exact) mass is 654 g/mol. The topological polar surface area (TPSA) is 74.8 Å². The van der Waals surface area contributed by atoms with Gasteiger partial charge in [0.1, 0.15) is 0 Å². The van der Waals surface area contributed by atoms with Crippen LogP contribution < -0.4 is 18.6 Å². The number of carbonyl (C=O) groups is 4. The molecule has 6 nitrogen and oxygen atoms in total. The molecule has 2 heterocycles. The molecule has 0 aromatic heterocycles. The summed E-state index contributed by atoms with van der Waals surface area (Å²) in [5, 5.41) is 0.750. The van der Waals surface area contributed by atoms with E-state index in [1.54, 1.807) is 24.3 Å². The van der Waals surface area contributed by atoms with E-state index in [0.717, 1.165) is 0 Å². The van der Waals surface area contributed by atoms with Gasteiger partial charge in [0.2, 0.25) is 0 Å². The van der Waals surface area contributed by atoms with E-state index in [-0.39, 0.29) is 0 Å². The van der Waals surface area contributed by atoms with Crippen LogP contribution in [-0.4, -0.2) is 50.2 Å². The van der Waals surface area contributed by atoms with Crippen LogP contribution in [-0.2, 0) is 0 Å². The Morgan fingerprint density at radius 1 is 0.400 bits per heavy atom. The molecule has 0 unspecified atom stereocenters. The first-order valence-corrected chi connectivity index (χ1v) is 28.1. The molecule has 6 rings (SSSR count). The summed E-state index contributed by atoms with van der Waals surface area (Å²) in [5.41, 5.74) is 2.24. The van der Waals surface area contributed by atoms with Crippen LogP contribution in [0.2, 0.25) is 34.5 Å². The summed E-state index contributed by atoms with van der Waals surface area (Å²) < 4.78 is 2.55. The number of hydrogen-bond acceptors (Lipinski definition) is 4. The van der Waals surface area contributed by atoms with Crippen LogP contribution in [0.5, 0.6) is 0 Å². The predicted octanol–water partition coefficient (Wildman–Crippen LogP) is 5.53. The number of amides is 4. The van der Waals surface area contributed by atoms with Gasteiger partial charge >= 0.3 is 240 Å². The van der Waals surface area contributed by atoms with Crippen LogP contribution in [0.1, 0.15) is 41.4 Å². The molecular formula is C32H30Ge2N2O4. The summed E-state index contributed by atoms with van der Waals surface area (Å²) in [6, 6.07) is 21.8. The van der Waals surface area contributed by atoms with Crippen molar-refractivity contribution in [2.45, 2.75) is 34.5 Å². The van der Waals surface area contributed by atoms with Crippen LogP contribution in [0.3, 0.4) is 0 Å². The Balaban J connectivity index is 1.45. The fraction of sp³-hybridized carbons (Fsp3) is 0.188.